The number of esters is 2. The lowest BCUT2D eigenvalue weighted by atomic mass is 9.91. The topological polar surface area (TPSA) is 52.6 Å². The van der Waals surface area contributed by atoms with Gasteiger partial charge in [0.1, 0.15) is 6.10 Å². The Kier molecular flexibility index (Phi) is 30.6. The number of carbonyl (C=O) groups is 2. The Bertz CT molecular complexity index is 600. The van der Waals surface area contributed by atoms with Crippen molar-refractivity contribution in [2.75, 3.05) is 7.11 Å². The summed E-state index contributed by atoms with van der Waals surface area (Å²) in [7, 11) is 1.45. The molecule has 0 unspecified atom stereocenters. The molecule has 0 spiro atoms. The van der Waals surface area contributed by atoms with Gasteiger partial charge >= 0.3 is 11.9 Å². The Hall–Kier alpha value is -1.32. The van der Waals surface area contributed by atoms with Crippen LogP contribution >= 0.6 is 0 Å². The molecule has 0 aliphatic carbocycles. The summed E-state index contributed by atoms with van der Waals surface area (Å²) in [4.78, 5) is 24.4. The summed E-state index contributed by atoms with van der Waals surface area (Å²) >= 11 is 0. The Morgan fingerprint density at radius 2 is 0.902 bits per heavy atom. The third-order valence-corrected chi connectivity index (χ3v) is 8.39. The van der Waals surface area contributed by atoms with E-state index in [0.29, 0.717) is 0 Å². The van der Waals surface area contributed by atoms with Crippen molar-refractivity contribution in [1.29, 1.82) is 0 Å². The lowest BCUT2D eigenvalue weighted by Crippen LogP contribution is -2.33. The molecule has 4 nitrogen and oxygen atoms in total. The Balaban J connectivity index is 4.11. The zero-order valence-electron chi connectivity index (χ0n) is 28.0. The van der Waals surface area contributed by atoms with Gasteiger partial charge in [0, 0.05) is 6.92 Å². The molecule has 0 aromatic rings. The molecule has 0 radical (unpaired) electrons. The van der Waals surface area contributed by atoms with E-state index in [1.165, 1.54) is 142 Å². The van der Waals surface area contributed by atoms with Crippen molar-refractivity contribution in [3.8, 4) is 0 Å². The van der Waals surface area contributed by atoms with Crippen LogP contribution in [0.4, 0.5) is 0 Å². The van der Waals surface area contributed by atoms with Gasteiger partial charge in [-0.05, 0) is 44.9 Å². The molecule has 2 atom stereocenters. The molecule has 0 aromatic carbocycles. The van der Waals surface area contributed by atoms with Crippen LogP contribution in [-0.4, -0.2) is 25.2 Å². The molecule has 0 rings (SSSR count). The Labute approximate surface area is 256 Å². The van der Waals surface area contributed by atoms with Crippen LogP contribution in [0, 0.1) is 5.92 Å². The first-order chi connectivity index (χ1) is 20.1. The van der Waals surface area contributed by atoms with E-state index in [9.17, 15) is 9.59 Å². The number of unbranched alkanes of at least 4 members (excludes halogenated alkanes) is 22. The van der Waals surface area contributed by atoms with Crippen LogP contribution in [-0.2, 0) is 19.1 Å². The molecule has 0 saturated carbocycles. The van der Waals surface area contributed by atoms with E-state index in [1.54, 1.807) is 0 Å². The van der Waals surface area contributed by atoms with Crippen LogP contribution in [0.2, 0.25) is 0 Å². The van der Waals surface area contributed by atoms with Gasteiger partial charge in [-0.2, -0.15) is 0 Å². The molecule has 4 heteroatoms. The van der Waals surface area contributed by atoms with E-state index in [2.05, 4.69) is 26.0 Å². The molecular formula is C37H70O4. The molecule has 242 valence electrons. The van der Waals surface area contributed by atoms with Crippen molar-refractivity contribution < 1.29 is 19.1 Å². The maximum absolute atomic E-state index is 12.6. The van der Waals surface area contributed by atoms with Crippen LogP contribution in [0.5, 0.6) is 0 Å². The molecule has 0 aliphatic heterocycles. The van der Waals surface area contributed by atoms with Crippen LogP contribution in [0.15, 0.2) is 12.2 Å². The fourth-order valence-electron chi connectivity index (χ4n) is 5.78. The second-order valence-electron chi connectivity index (χ2n) is 12.3. The SMILES string of the molecule is CCCCCCCCC=CCCCCCC[C@@H](C(=O)OC)[C@H](CCCCCCCCCCCCCCC)OC(C)=O. The first kappa shape index (κ1) is 39.7. The van der Waals surface area contributed by atoms with Crippen LogP contribution in [0.3, 0.4) is 0 Å². The number of hydrogen-bond donors (Lipinski definition) is 0. The lowest BCUT2D eigenvalue weighted by molar-refractivity contribution is -0.160. The average molecular weight is 579 g/mol. The second-order valence-corrected chi connectivity index (χ2v) is 12.3. The first-order valence-electron chi connectivity index (χ1n) is 18.0. The van der Waals surface area contributed by atoms with E-state index in [4.69, 9.17) is 9.47 Å². The molecule has 41 heavy (non-hydrogen) atoms. The minimum atomic E-state index is -0.363. The van der Waals surface area contributed by atoms with Crippen LogP contribution in [0.1, 0.15) is 194 Å². The van der Waals surface area contributed by atoms with Crippen molar-refractivity contribution in [2.24, 2.45) is 5.92 Å². The maximum atomic E-state index is 12.6. The molecule has 0 heterocycles. The van der Waals surface area contributed by atoms with Gasteiger partial charge in [0.25, 0.3) is 0 Å². The standard InChI is InChI=1S/C37H70O4/c1-5-7-9-11-13-15-17-19-21-22-24-26-28-30-32-35(37(39)40-4)36(41-34(3)38)33-31-29-27-25-23-20-18-16-14-12-10-8-6-2/h19,21,35-36H,5-18,20,22-33H2,1-4H3/t35-,36+/m1/s1. The van der Waals surface area contributed by atoms with Gasteiger partial charge in [-0.1, -0.05) is 154 Å². The highest BCUT2D eigenvalue weighted by atomic mass is 16.6. The first-order valence-corrected chi connectivity index (χ1v) is 18.0. The van der Waals surface area contributed by atoms with Gasteiger partial charge in [0.2, 0.25) is 0 Å². The number of methoxy groups -OCH3 is 1. The van der Waals surface area contributed by atoms with E-state index in [1.807, 2.05) is 0 Å². The minimum absolute atomic E-state index is 0.233. The maximum Gasteiger partial charge on any atom is 0.312 e. The lowest BCUT2D eigenvalue weighted by Gasteiger charge is -2.25. The van der Waals surface area contributed by atoms with Crippen molar-refractivity contribution >= 4 is 11.9 Å². The quantitative estimate of drug-likeness (QED) is 0.0466. The van der Waals surface area contributed by atoms with Gasteiger partial charge in [-0.15, -0.1) is 0 Å². The van der Waals surface area contributed by atoms with Crippen molar-refractivity contribution in [1.82, 2.24) is 0 Å². The molecule has 0 bridgehead atoms. The van der Waals surface area contributed by atoms with Gasteiger partial charge < -0.3 is 9.47 Å². The van der Waals surface area contributed by atoms with E-state index in [-0.39, 0.29) is 24.0 Å². The third kappa shape index (κ3) is 27.3. The summed E-state index contributed by atoms with van der Waals surface area (Å²) in [6, 6.07) is 0. The van der Waals surface area contributed by atoms with Crippen molar-refractivity contribution in [3.63, 3.8) is 0 Å². The van der Waals surface area contributed by atoms with Crippen LogP contribution < -0.4 is 0 Å². The van der Waals surface area contributed by atoms with Gasteiger partial charge in [0.15, 0.2) is 0 Å². The predicted octanol–water partition coefficient (Wildman–Crippen LogP) is 11.8. The van der Waals surface area contributed by atoms with Gasteiger partial charge in [-0.3, -0.25) is 9.59 Å². The molecule has 0 aliphatic rings. The van der Waals surface area contributed by atoms with E-state index >= 15 is 0 Å². The summed E-state index contributed by atoms with van der Waals surface area (Å²) < 4.78 is 10.8. The monoisotopic (exact) mass is 579 g/mol. The van der Waals surface area contributed by atoms with E-state index < -0.39 is 0 Å². The highest BCUT2D eigenvalue weighted by Gasteiger charge is 2.30. The molecule has 0 aromatic heterocycles. The van der Waals surface area contributed by atoms with E-state index in [0.717, 1.165) is 44.9 Å². The molecule has 0 N–H and O–H groups in total. The number of rotatable bonds is 31. The summed E-state index contributed by atoms with van der Waals surface area (Å²) in [6.45, 7) is 5.99. The summed E-state index contributed by atoms with van der Waals surface area (Å²) in [5, 5.41) is 0. The zero-order chi connectivity index (χ0) is 30.2. The van der Waals surface area contributed by atoms with Crippen molar-refractivity contribution in [2.45, 2.75) is 200 Å². The smallest absolute Gasteiger partial charge is 0.312 e. The number of allylic oxidation sites excluding steroid dienone is 2. The third-order valence-electron chi connectivity index (χ3n) is 8.39. The number of ether oxygens (including phenoxy) is 2. The number of carbonyl (C=O) groups excluding carboxylic acids is 2. The van der Waals surface area contributed by atoms with Gasteiger partial charge in [-0.25, -0.2) is 0 Å². The summed E-state index contributed by atoms with van der Waals surface area (Å²) in [5.41, 5.74) is 0. The molecule has 0 amide bonds. The Morgan fingerprint density at radius 1 is 0.537 bits per heavy atom. The van der Waals surface area contributed by atoms with Crippen LogP contribution in [0.25, 0.3) is 0 Å². The molecule has 0 saturated heterocycles. The largest absolute Gasteiger partial charge is 0.469 e. The van der Waals surface area contributed by atoms with Crippen molar-refractivity contribution in [3.05, 3.63) is 12.2 Å². The highest BCUT2D eigenvalue weighted by molar-refractivity contribution is 5.74. The Morgan fingerprint density at radius 3 is 1.29 bits per heavy atom. The zero-order valence-corrected chi connectivity index (χ0v) is 28.0. The molecular weight excluding hydrogens is 508 g/mol. The minimum Gasteiger partial charge on any atom is -0.469 e. The average Bonchev–Trinajstić information content (AvgIpc) is 2.96. The predicted molar refractivity (Wildman–Crippen MR) is 176 cm³/mol. The highest BCUT2D eigenvalue weighted by Crippen LogP contribution is 2.24. The number of hydrogen-bond acceptors (Lipinski definition) is 4. The molecule has 0 fully saturated rings. The normalized spacial score (nSPS) is 13.0. The summed E-state index contributed by atoms with van der Waals surface area (Å²) in [5.74, 6) is -0.881. The van der Waals surface area contributed by atoms with Gasteiger partial charge in [0.05, 0.1) is 13.0 Å². The second kappa shape index (κ2) is 31.6. The summed E-state index contributed by atoms with van der Waals surface area (Å²) in [6.07, 6.45) is 37.7. The fourth-order valence-corrected chi connectivity index (χ4v) is 5.78. The fraction of sp³-hybridized carbons (Fsp3) is 0.892.